The van der Waals surface area contributed by atoms with Gasteiger partial charge in [-0.05, 0) is 49.3 Å². The molecule has 2 aromatic rings. The molecule has 0 aliphatic rings. The van der Waals surface area contributed by atoms with Crippen LogP contribution in [0.3, 0.4) is 0 Å². The highest BCUT2D eigenvalue weighted by atomic mass is 32.1. The van der Waals surface area contributed by atoms with Gasteiger partial charge >= 0.3 is 5.97 Å². The summed E-state index contributed by atoms with van der Waals surface area (Å²) in [5, 5.41) is 6.55. The van der Waals surface area contributed by atoms with Crippen molar-refractivity contribution >= 4 is 40.3 Å². The van der Waals surface area contributed by atoms with Crippen LogP contribution in [0.25, 0.3) is 10.4 Å². The second kappa shape index (κ2) is 8.75. The lowest BCUT2D eigenvalue weighted by Gasteiger charge is -2.09. The molecule has 2 rings (SSSR count). The Bertz CT molecular complexity index is 714. The van der Waals surface area contributed by atoms with Crippen molar-refractivity contribution in [2.45, 2.75) is 20.3 Å². The van der Waals surface area contributed by atoms with Gasteiger partial charge in [-0.15, -0.1) is 11.3 Å². The van der Waals surface area contributed by atoms with E-state index >= 15 is 0 Å². The summed E-state index contributed by atoms with van der Waals surface area (Å²) >= 11 is 6.52. The van der Waals surface area contributed by atoms with Crippen LogP contribution in [-0.4, -0.2) is 24.2 Å². The van der Waals surface area contributed by atoms with Gasteiger partial charge in [0.1, 0.15) is 10.7 Å². The second-order valence-corrected chi connectivity index (χ2v) is 6.42. The molecule has 1 aromatic heterocycles. The first-order valence-corrected chi connectivity index (χ1v) is 8.89. The zero-order chi connectivity index (χ0) is 17.5. The third kappa shape index (κ3) is 4.75. The number of hydrogen-bond acceptors (Lipinski definition) is 4. The van der Waals surface area contributed by atoms with E-state index in [1.165, 1.54) is 23.5 Å². The van der Waals surface area contributed by atoms with Gasteiger partial charge in [-0.1, -0.05) is 19.1 Å². The molecule has 128 valence electrons. The van der Waals surface area contributed by atoms with Crippen LogP contribution < -0.4 is 10.6 Å². The average molecular weight is 366 g/mol. The van der Waals surface area contributed by atoms with Crippen LogP contribution in [0.15, 0.2) is 30.3 Å². The zero-order valence-electron chi connectivity index (χ0n) is 13.5. The first kappa shape index (κ1) is 18.4. The number of thiocarbonyl (C=S) groups is 1. The number of hydrogen-bond donors (Lipinski definition) is 2. The Hall–Kier alpha value is -1.99. The molecule has 0 saturated carbocycles. The van der Waals surface area contributed by atoms with Gasteiger partial charge in [-0.25, -0.2) is 9.18 Å². The van der Waals surface area contributed by atoms with Crippen molar-refractivity contribution in [1.82, 2.24) is 5.32 Å². The van der Waals surface area contributed by atoms with E-state index in [1.807, 2.05) is 13.0 Å². The summed E-state index contributed by atoms with van der Waals surface area (Å²) in [6, 6.07) is 7.95. The second-order valence-electron chi connectivity index (χ2n) is 4.96. The number of thiophene rings is 1. The van der Waals surface area contributed by atoms with E-state index in [2.05, 4.69) is 10.6 Å². The molecular formula is C17H19FN2O2S2. The summed E-state index contributed by atoms with van der Waals surface area (Å²) in [6.45, 7) is 4.83. The molecule has 0 amide bonds. The molecule has 0 atom stereocenters. The maximum Gasteiger partial charge on any atom is 0.350 e. The topological polar surface area (TPSA) is 50.4 Å². The molecule has 1 aromatic carbocycles. The summed E-state index contributed by atoms with van der Waals surface area (Å²) in [4.78, 5) is 13.5. The van der Waals surface area contributed by atoms with E-state index in [9.17, 15) is 9.18 Å². The molecule has 0 saturated heterocycles. The average Bonchev–Trinajstić information content (AvgIpc) is 2.97. The molecule has 0 fully saturated rings. The summed E-state index contributed by atoms with van der Waals surface area (Å²) in [5.74, 6) is -0.708. The third-order valence-electron chi connectivity index (χ3n) is 3.11. The molecule has 24 heavy (non-hydrogen) atoms. The molecule has 4 nitrogen and oxygen atoms in total. The maximum atomic E-state index is 13.1. The lowest BCUT2D eigenvalue weighted by Crippen LogP contribution is -2.29. The quantitative estimate of drug-likeness (QED) is 0.585. The van der Waals surface area contributed by atoms with E-state index in [1.54, 1.807) is 19.1 Å². The molecule has 0 unspecified atom stereocenters. The Kier molecular flexibility index (Phi) is 6.69. The van der Waals surface area contributed by atoms with Crippen molar-refractivity contribution in [3.05, 3.63) is 41.0 Å². The maximum absolute atomic E-state index is 13.1. The fourth-order valence-corrected chi connectivity index (χ4v) is 3.22. The summed E-state index contributed by atoms with van der Waals surface area (Å²) < 4.78 is 18.2. The predicted molar refractivity (Wildman–Crippen MR) is 100 cm³/mol. The van der Waals surface area contributed by atoms with Gasteiger partial charge < -0.3 is 15.4 Å². The fraction of sp³-hybridized carbons (Fsp3) is 0.294. The Morgan fingerprint density at radius 2 is 2.00 bits per heavy atom. The third-order valence-corrected chi connectivity index (χ3v) is 4.52. The number of nitrogens with one attached hydrogen (secondary N) is 2. The number of anilines is 1. The molecule has 0 bridgehead atoms. The summed E-state index contributed by atoms with van der Waals surface area (Å²) in [5.41, 5.74) is 1.42. The van der Waals surface area contributed by atoms with E-state index < -0.39 is 5.97 Å². The van der Waals surface area contributed by atoms with Crippen molar-refractivity contribution in [1.29, 1.82) is 0 Å². The number of rotatable bonds is 6. The van der Waals surface area contributed by atoms with E-state index in [0.29, 0.717) is 22.3 Å². The Morgan fingerprint density at radius 1 is 1.29 bits per heavy atom. The van der Waals surface area contributed by atoms with Crippen LogP contribution >= 0.6 is 23.6 Å². The first-order chi connectivity index (χ1) is 11.5. The molecular weight excluding hydrogens is 347 g/mol. The fourth-order valence-electron chi connectivity index (χ4n) is 1.99. The van der Waals surface area contributed by atoms with Gasteiger partial charge in [0.05, 0.1) is 12.3 Å². The van der Waals surface area contributed by atoms with Crippen LogP contribution in [0.1, 0.15) is 29.9 Å². The van der Waals surface area contributed by atoms with Crippen molar-refractivity contribution < 1.29 is 13.9 Å². The van der Waals surface area contributed by atoms with Crippen LogP contribution in [0.4, 0.5) is 10.1 Å². The molecule has 2 N–H and O–H groups in total. The summed E-state index contributed by atoms with van der Waals surface area (Å²) in [6.07, 6.45) is 0.941. The van der Waals surface area contributed by atoms with Crippen molar-refractivity contribution in [3.8, 4) is 10.4 Å². The van der Waals surface area contributed by atoms with E-state index in [-0.39, 0.29) is 5.82 Å². The van der Waals surface area contributed by atoms with Crippen LogP contribution in [0.5, 0.6) is 0 Å². The van der Waals surface area contributed by atoms with Crippen molar-refractivity contribution in [3.63, 3.8) is 0 Å². The van der Waals surface area contributed by atoms with E-state index in [0.717, 1.165) is 23.4 Å². The highest BCUT2D eigenvalue weighted by Gasteiger charge is 2.19. The van der Waals surface area contributed by atoms with Gasteiger partial charge in [0.15, 0.2) is 5.11 Å². The highest BCUT2D eigenvalue weighted by Crippen LogP contribution is 2.35. The number of benzene rings is 1. The first-order valence-electron chi connectivity index (χ1n) is 7.66. The normalized spacial score (nSPS) is 10.3. The molecule has 1 heterocycles. The van der Waals surface area contributed by atoms with Gasteiger partial charge in [-0.2, -0.15) is 0 Å². The molecule has 0 aliphatic heterocycles. The van der Waals surface area contributed by atoms with Crippen molar-refractivity contribution in [2.24, 2.45) is 0 Å². The predicted octanol–water partition coefficient (Wildman–Crippen LogP) is 4.43. The largest absolute Gasteiger partial charge is 0.462 e. The lowest BCUT2D eigenvalue weighted by atomic mass is 10.2. The summed E-state index contributed by atoms with van der Waals surface area (Å²) in [7, 11) is 0. The smallest absolute Gasteiger partial charge is 0.350 e. The standard InChI is InChI=1S/C17H19FN2O2S2/c1-3-9-19-17(23)20-13-10-14(11-5-7-12(18)8-6-11)24-15(13)16(21)22-4-2/h5-8,10H,3-4,9H2,1-2H3,(H2,19,20,23). The van der Waals surface area contributed by atoms with Crippen LogP contribution in [0.2, 0.25) is 0 Å². The van der Waals surface area contributed by atoms with E-state index in [4.69, 9.17) is 17.0 Å². The Morgan fingerprint density at radius 3 is 2.62 bits per heavy atom. The minimum Gasteiger partial charge on any atom is -0.462 e. The Balaban J connectivity index is 2.30. The van der Waals surface area contributed by atoms with Crippen LogP contribution in [0, 0.1) is 5.82 Å². The highest BCUT2D eigenvalue weighted by molar-refractivity contribution is 7.80. The monoisotopic (exact) mass is 366 g/mol. The number of carbonyl (C=O) groups excluding carboxylic acids is 1. The minimum absolute atomic E-state index is 0.292. The Labute approximate surface area is 150 Å². The van der Waals surface area contributed by atoms with Crippen molar-refractivity contribution in [2.75, 3.05) is 18.5 Å². The molecule has 0 aliphatic carbocycles. The number of carbonyl (C=O) groups is 1. The SMILES string of the molecule is CCCNC(=S)Nc1cc(-c2ccc(F)cc2)sc1C(=O)OCC. The number of ether oxygens (including phenoxy) is 1. The zero-order valence-corrected chi connectivity index (χ0v) is 15.2. The molecule has 7 heteroatoms. The lowest BCUT2D eigenvalue weighted by molar-refractivity contribution is 0.0533. The number of halogens is 1. The van der Waals surface area contributed by atoms with Gasteiger partial charge in [0, 0.05) is 11.4 Å². The number of esters is 1. The molecule has 0 spiro atoms. The molecule has 0 radical (unpaired) electrons. The van der Waals surface area contributed by atoms with Crippen LogP contribution in [-0.2, 0) is 4.74 Å². The minimum atomic E-state index is -0.406. The van der Waals surface area contributed by atoms with Gasteiger partial charge in [-0.3, -0.25) is 0 Å². The van der Waals surface area contributed by atoms with Gasteiger partial charge in [0.25, 0.3) is 0 Å². The van der Waals surface area contributed by atoms with Gasteiger partial charge in [0.2, 0.25) is 0 Å².